The summed E-state index contributed by atoms with van der Waals surface area (Å²) in [6, 6.07) is -0.612. The van der Waals surface area contributed by atoms with E-state index in [0.29, 0.717) is 32.5 Å². The Morgan fingerprint density at radius 1 is 0.800 bits per heavy atom. The molecule has 0 radical (unpaired) electrons. The lowest BCUT2D eigenvalue weighted by molar-refractivity contribution is -0.140. The molecule has 0 rings (SSSR count). The van der Waals surface area contributed by atoms with E-state index in [1.807, 2.05) is 35.9 Å². The van der Waals surface area contributed by atoms with Crippen LogP contribution in [0, 0.1) is 0 Å². The van der Waals surface area contributed by atoms with Gasteiger partial charge in [-0.15, -0.1) is 0 Å². The van der Waals surface area contributed by atoms with E-state index in [4.69, 9.17) is 10.8 Å². The van der Waals surface area contributed by atoms with Crippen LogP contribution in [-0.4, -0.2) is 87.0 Å². The number of amides is 3. The zero-order valence-electron chi connectivity index (χ0n) is 25.7. The molecule has 0 saturated heterocycles. The number of carbonyl (C=O) groups is 4. The van der Waals surface area contributed by atoms with Crippen LogP contribution in [0.15, 0.2) is 0 Å². The van der Waals surface area contributed by atoms with Gasteiger partial charge in [-0.1, -0.05) is 108 Å². The Kier molecular flexibility index (Phi) is 25.3. The molecule has 0 fully saturated rings. The van der Waals surface area contributed by atoms with E-state index >= 15 is 0 Å². The molecule has 11 heteroatoms. The number of alkyl halides is 1. The number of urea groups is 1. The van der Waals surface area contributed by atoms with E-state index < -0.39 is 22.3 Å². The van der Waals surface area contributed by atoms with Crippen molar-refractivity contribution >= 4 is 39.8 Å². The van der Waals surface area contributed by atoms with Crippen molar-refractivity contribution in [1.29, 1.82) is 0 Å². The van der Waals surface area contributed by atoms with Crippen LogP contribution in [0.2, 0.25) is 0 Å². The molecular formula is C29H57BrN4O6. The second kappa shape index (κ2) is 25.0. The predicted octanol–water partition coefficient (Wildman–Crippen LogP) is 5.61. The van der Waals surface area contributed by atoms with Crippen LogP contribution >= 0.6 is 15.9 Å². The monoisotopic (exact) mass is 636 g/mol. The Labute approximate surface area is 250 Å². The number of primary amides is 1. The maximum absolute atomic E-state index is 11.3. The summed E-state index contributed by atoms with van der Waals surface area (Å²) in [5.41, 5.74) is 4.81. The molecule has 5 N–H and O–H groups in total. The van der Waals surface area contributed by atoms with Crippen LogP contribution in [0.3, 0.4) is 0 Å². The van der Waals surface area contributed by atoms with Crippen LogP contribution in [-0.2, 0) is 14.4 Å². The molecule has 236 valence electrons. The summed E-state index contributed by atoms with van der Waals surface area (Å²) in [6.07, 6.45) is 15.2. The number of imide groups is 1. The normalized spacial score (nSPS) is 12.1. The third-order valence-electron chi connectivity index (χ3n) is 7.21. The highest BCUT2D eigenvalue weighted by Crippen LogP contribution is 2.26. The van der Waals surface area contributed by atoms with Gasteiger partial charge in [0.15, 0.2) is 0 Å². The molecule has 0 aliphatic rings. The van der Waals surface area contributed by atoms with Crippen LogP contribution in [0.4, 0.5) is 4.79 Å². The first-order valence-electron chi connectivity index (χ1n) is 15.1. The van der Waals surface area contributed by atoms with Crippen molar-refractivity contribution in [2.24, 2.45) is 5.73 Å². The lowest BCUT2D eigenvalue weighted by Gasteiger charge is -2.30. The number of unbranched alkanes of at least 4 members (excludes halogenated alkanes) is 9. The van der Waals surface area contributed by atoms with E-state index in [2.05, 4.69) is 29.8 Å². The number of carboxylic acid groups (broad SMARTS) is 2. The highest BCUT2D eigenvalue weighted by atomic mass is 79.9. The standard InChI is InChI=1S/C22H44N2O4.C7H13BrN2O2/c1-4-6-7-8-9-10-11-12-13-14-15-20(3)24(19-22(27)28)17-16-23(5-2)18-21(25)26;1-3-7(8,4-2)5(11)10-6(9)12/h20H,4-19H2,1-3H3,(H,25,26)(H,27,28);3-4H2,1-2H3,(H3,9,10,11,12). The quantitative estimate of drug-likeness (QED) is 0.0833. The summed E-state index contributed by atoms with van der Waals surface area (Å²) in [5, 5.41) is 20.2. The molecule has 1 atom stereocenters. The largest absolute Gasteiger partial charge is 0.480 e. The molecular weight excluding hydrogens is 580 g/mol. The minimum Gasteiger partial charge on any atom is -0.480 e. The van der Waals surface area contributed by atoms with E-state index in [1.54, 1.807) is 0 Å². The van der Waals surface area contributed by atoms with Crippen molar-refractivity contribution in [3.05, 3.63) is 0 Å². The van der Waals surface area contributed by atoms with Gasteiger partial charge in [0.2, 0.25) is 5.91 Å². The molecule has 0 aliphatic heterocycles. The fourth-order valence-electron chi connectivity index (χ4n) is 4.34. The molecule has 0 saturated carbocycles. The van der Waals surface area contributed by atoms with E-state index in [-0.39, 0.29) is 25.0 Å². The van der Waals surface area contributed by atoms with Crippen LogP contribution < -0.4 is 11.1 Å². The number of hydrogen-bond acceptors (Lipinski definition) is 6. The maximum atomic E-state index is 11.3. The van der Waals surface area contributed by atoms with Gasteiger partial charge < -0.3 is 15.9 Å². The smallest absolute Gasteiger partial charge is 0.318 e. The van der Waals surface area contributed by atoms with Gasteiger partial charge in [-0.3, -0.25) is 29.5 Å². The number of nitrogens with one attached hydrogen (secondary N) is 1. The van der Waals surface area contributed by atoms with Crippen molar-refractivity contribution in [3.8, 4) is 0 Å². The molecule has 0 aromatic rings. The molecule has 0 aromatic carbocycles. The fourth-order valence-corrected chi connectivity index (χ4v) is 4.44. The molecule has 10 nitrogen and oxygen atoms in total. The number of hydrogen-bond donors (Lipinski definition) is 4. The molecule has 0 spiro atoms. The Balaban J connectivity index is 0. The van der Waals surface area contributed by atoms with Gasteiger partial charge in [0, 0.05) is 19.1 Å². The highest BCUT2D eigenvalue weighted by Gasteiger charge is 2.32. The third-order valence-corrected chi connectivity index (χ3v) is 8.69. The Bertz CT molecular complexity index is 706. The predicted molar refractivity (Wildman–Crippen MR) is 165 cm³/mol. The molecule has 1 unspecified atom stereocenters. The van der Waals surface area contributed by atoms with Gasteiger partial charge >= 0.3 is 18.0 Å². The minimum atomic E-state index is -0.843. The van der Waals surface area contributed by atoms with Crippen LogP contribution in [0.5, 0.6) is 0 Å². The molecule has 0 heterocycles. The molecule has 0 aliphatic carbocycles. The first-order chi connectivity index (χ1) is 18.9. The number of carboxylic acids is 2. The summed E-state index contributed by atoms with van der Waals surface area (Å²) in [5.74, 6) is -2.04. The number of halogens is 1. The van der Waals surface area contributed by atoms with E-state index in [1.165, 1.54) is 57.8 Å². The van der Waals surface area contributed by atoms with Crippen molar-refractivity contribution in [3.63, 3.8) is 0 Å². The topological polar surface area (TPSA) is 153 Å². The van der Waals surface area contributed by atoms with Gasteiger partial charge in [-0.05, 0) is 32.7 Å². The summed E-state index contributed by atoms with van der Waals surface area (Å²) in [4.78, 5) is 47.5. The highest BCUT2D eigenvalue weighted by molar-refractivity contribution is 9.10. The number of carbonyl (C=O) groups excluding carboxylic acids is 2. The summed E-state index contributed by atoms with van der Waals surface area (Å²) >= 11 is 3.26. The number of nitrogens with zero attached hydrogens (tertiary/aromatic N) is 2. The zero-order valence-corrected chi connectivity index (χ0v) is 27.3. The Morgan fingerprint density at radius 3 is 1.68 bits per heavy atom. The minimum absolute atomic E-state index is 0.00420. The molecule has 40 heavy (non-hydrogen) atoms. The summed E-state index contributed by atoms with van der Waals surface area (Å²) in [7, 11) is 0. The van der Waals surface area contributed by atoms with Gasteiger partial charge in [-0.25, -0.2) is 4.79 Å². The zero-order chi connectivity index (χ0) is 31.0. The van der Waals surface area contributed by atoms with Gasteiger partial charge in [0.25, 0.3) is 0 Å². The van der Waals surface area contributed by atoms with Crippen LogP contribution in [0.25, 0.3) is 0 Å². The molecule has 0 bridgehead atoms. The number of nitrogens with two attached hydrogens (primary N) is 1. The van der Waals surface area contributed by atoms with Gasteiger partial charge in [0.05, 0.1) is 13.1 Å². The van der Waals surface area contributed by atoms with Crippen molar-refractivity contribution < 1.29 is 29.4 Å². The first-order valence-corrected chi connectivity index (χ1v) is 15.9. The number of rotatable bonds is 23. The van der Waals surface area contributed by atoms with Crippen molar-refractivity contribution in [2.45, 2.75) is 128 Å². The summed E-state index contributed by atoms with van der Waals surface area (Å²) < 4.78 is -0.665. The number of aliphatic carboxylic acids is 2. The first kappa shape index (κ1) is 40.4. The average molecular weight is 638 g/mol. The molecule has 3 amide bonds. The second-order valence-electron chi connectivity index (χ2n) is 10.4. The average Bonchev–Trinajstić information content (AvgIpc) is 2.90. The Hall–Kier alpha value is -1.72. The SMILES string of the molecule is CCC(Br)(CC)C(=O)NC(N)=O.CCCCCCCCCCCCC(C)N(CCN(CC)CC(=O)O)CC(=O)O. The maximum Gasteiger partial charge on any atom is 0.318 e. The van der Waals surface area contributed by atoms with Crippen molar-refractivity contribution in [2.75, 3.05) is 32.7 Å². The molecule has 0 aromatic heterocycles. The summed E-state index contributed by atoms with van der Waals surface area (Å²) in [6.45, 7) is 11.8. The lowest BCUT2D eigenvalue weighted by atomic mass is 10.0. The lowest BCUT2D eigenvalue weighted by Crippen LogP contribution is -2.46. The second-order valence-corrected chi connectivity index (χ2v) is 12.0. The van der Waals surface area contributed by atoms with E-state index in [0.717, 1.165) is 12.8 Å². The van der Waals surface area contributed by atoms with E-state index in [9.17, 15) is 24.3 Å². The Morgan fingerprint density at radius 2 is 1.27 bits per heavy atom. The van der Waals surface area contributed by atoms with Crippen molar-refractivity contribution in [1.82, 2.24) is 15.1 Å². The third kappa shape index (κ3) is 22.0. The van der Waals surface area contributed by atoms with Gasteiger partial charge in [-0.2, -0.15) is 0 Å². The van der Waals surface area contributed by atoms with Crippen LogP contribution in [0.1, 0.15) is 118 Å². The fraction of sp³-hybridized carbons (Fsp3) is 0.862. The number of likely N-dealkylation sites (N-methyl/N-ethyl adjacent to an activating group) is 1. The van der Waals surface area contributed by atoms with Gasteiger partial charge in [0.1, 0.15) is 4.32 Å².